The van der Waals surface area contributed by atoms with E-state index in [9.17, 15) is 0 Å². The molecule has 70 heavy (non-hydrogen) atoms. The van der Waals surface area contributed by atoms with Crippen LogP contribution in [0.3, 0.4) is 0 Å². The van der Waals surface area contributed by atoms with Gasteiger partial charge >= 0.3 is 0 Å². The largest absolute Gasteiger partial charge is 0.339 e. The number of aromatic amines is 2. The molecule has 0 aliphatic carbocycles. The zero-order chi connectivity index (χ0) is 51.2. The summed E-state index contributed by atoms with van der Waals surface area (Å²) in [6.45, 7) is -4.84. The van der Waals surface area contributed by atoms with Crippen LogP contribution < -0.4 is 0 Å². The van der Waals surface area contributed by atoms with Crippen LogP contribution in [0.15, 0.2) is 194 Å². The van der Waals surface area contributed by atoms with E-state index in [-0.39, 0.29) is 11.1 Å². The molecule has 326 valence electrons. The van der Waals surface area contributed by atoms with Crippen LogP contribution >= 0.6 is 0 Å². The Labute approximate surface area is 410 Å². The molecular weight excluding hydrogens is 853 g/mol. The second kappa shape index (κ2) is 14.6. The van der Waals surface area contributed by atoms with Crippen molar-refractivity contribution in [3.05, 3.63) is 205 Å². The molecule has 0 saturated carbocycles. The highest BCUT2D eigenvalue weighted by molar-refractivity contribution is 6.20. The summed E-state index contributed by atoms with van der Waals surface area (Å²) in [6, 6.07) is 64.3. The van der Waals surface area contributed by atoms with Crippen molar-refractivity contribution in [3.8, 4) is 67.5 Å². The van der Waals surface area contributed by atoms with Crippen LogP contribution in [0, 0.1) is 13.7 Å². The molecule has 0 unspecified atom stereocenters. The van der Waals surface area contributed by atoms with Crippen molar-refractivity contribution in [1.29, 1.82) is 0 Å². The van der Waals surface area contributed by atoms with E-state index in [2.05, 4.69) is 107 Å². The van der Waals surface area contributed by atoms with E-state index < -0.39 is 13.7 Å². The lowest BCUT2D eigenvalue weighted by Gasteiger charge is -2.11. The zero-order valence-corrected chi connectivity index (χ0v) is 37.3. The first-order valence-electron chi connectivity index (χ1n) is 26.4. The van der Waals surface area contributed by atoms with E-state index in [0.717, 1.165) is 86.9 Å². The Kier molecular flexibility index (Phi) is 6.94. The lowest BCUT2D eigenvalue weighted by atomic mass is 9.91. The molecule has 8 bridgehead atoms. The average Bonchev–Trinajstić information content (AvgIpc) is 4.29. The molecular formula is C64H40N6. The number of nitrogens with zero attached hydrogens (tertiary/aromatic N) is 4. The molecule has 3 aromatic heterocycles. The van der Waals surface area contributed by atoms with Gasteiger partial charge in [-0.15, -0.1) is 0 Å². The third-order valence-electron chi connectivity index (χ3n) is 14.2. The van der Waals surface area contributed by atoms with E-state index in [4.69, 9.17) is 28.2 Å². The lowest BCUT2D eigenvalue weighted by Crippen LogP contribution is -1.88. The van der Waals surface area contributed by atoms with E-state index in [0.29, 0.717) is 67.6 Å². The van der Waals surface area contributed by atoms with E-state index in [1.807, 2.05) is 60.7 Å². The van der Waals surface area contributed by atoms with Gasteiger partial charge in [-0.3, -0.25) is 0 Å². The molecule has 2 aliphatic rings. The highest BCUT2D eigenvalue weighted by Gasteiger charge is 2.28. The minimum atomic E-state index is -2.42. The summed E-state index contributed by atoms with van der Waals surface area (Å²) in [7, 11) is 0. The third-order valence-corrected chi connectivity index (χ3v) is 14.2. The molecule has 2 aliphatic heterocycles. The van der Waals surface area contributed by atoms with Crippen molar-refractivity contribution < 1.29 is 8.22 Å². The van der Waals surface area contributed by atoms with Crippen molar-refractivity contribution in [2.75, 3.05) is 0 Å². The Morgan fingerprint density at radius 1 is 0.329 bits per heavy atom. The molecule has 0 fully saturated rings. The predicted molar refractivity (Wildman–Crippen MR) is 291 cm³/mol. The van der Waals surface area contributed by atoms with Crippen LogP contribution in [0.2, 0.25) is 0 Å². The number of rotatable bonds is 2. The summed E-state index contributed by atoms with van der Waals surface area (Å²) in [4.78, 5) is 29.9. The Balaban J connectivity index is 1.24. The summed E-state index contributed by atoms with van der Waals surface area (Å²) in [6.07, 6.45) is 0. The van der Waals surface area contributed by atoms with Crippen LogP contribution in [-0.4, -0.2) is 29.9 Å². The van der Waals surface area contributed by atoms with Gasteiger partial charge in [-0.1, -0.05) is 157 Å². The van der Waals surface area contributed by atoms with Gasteiger partial charge in [0.2, 0.25) is 0 Å². The van der Waals surface area contributed by atoms with Crippen LogP contribution in [0.4, 0.5) is 0 Å². The smallest absolute Gasteiger partial charge is 0.164 e. The number of hydrogen-bond acceptors (Lipinski definition) is 4. The molecule has 0 radical (unpaired) electrons. The quantitative estimate of drug-likeness (QED) is 0.181. The minimum absolute atomic E-state index is 0.180. The second-order valence-corrected chi connectivity index (χ2v) is 18.4. The van der Waals surface area contributed by atoms with Crippen LogP contribution in [0.1, 0.15) is 19.4 Å². The molecule has 6 heteroatoms. The molecule has 13 aromatic rings. The Morgan fingerprint density at radius 2 is 0.686 bits per heavy atom. The fourth-order valence-electron chi connectivity index (χ4n) is 11.0. The van der Waals surface area contributed by atoms with Crippen molar-refractivity contribution in [2.24, 2.45) is 0 Å². The number of fused-ring (bicyclic) bond motifs is 24. The molecule has 0 amide bonds. The second-order valence-electron chi connectivity index (χ2n) is 18.4. The first kappa shape index (κ1) is 33.3. The highest BCUT2D eigenvalue weighted by atomic mass is 15.0. The standard InChI is InChI=1S/C64H40N6/c1-35-13-11-23-45(25-35)55-57-47-27-37-15-3-4-16-38(37)28-48(47)58(65-57)56(46-24-12-14-36(2)26-46)60-50-30-40-18-6-8-20-42(40)32-52(50)62(67-60)69-64-54-34-44-22-10-9-21-43(44)33-53(54)63(70-64)68-61-51-31-41-19-7-5-17-39(41)29-49(51)59(55)66-61/h3-34H,1-2H3,(H2,66,67,68,69,70)/i1D3,2D3. The topological polar surface area (TPSA) is 83.1 Å². The molecule has 0 spiro atoms. The van der Waals surface area contributed by atoms with Gasteiger partial charge in [0, 0.05) is 63.2 Å². The fourth-order valence-corrected chi connectivity index (χ4v) is 11.0. The Hall–Kier alpha value is -9.26. The van der Waals surface area contributed by atoms with Crippen molar-refractivity contribution >= 4 is 87.0 Å². The van der Waals surface area contributed by atoms with Gasteiger partial charge in [0.05, 0.1) is 22.4 Å². The highest BCUT2D eigenvalue weighted by Crippen LogP contribution is 2.50. The summed E-state index contributed by atoms with van der Waals surface area (Å²) >= 11 is 0. The molecule has 0 atom stereocenters. The zero-order valence-electron chi connectivity index (χ0n) is 43.3. The summed E-state index contributed by atoms with van der Waals surface area (Å²) in [5.74, 6) is 0.947. The molecule has 5 heterocycles. The van der Waals surface area contributed by atoms with E-state index >= 15 is 0 Å². The predicted octanol–water partition coefficient (Wildman–Crippen LogP) is 16.6. The average molecular weight is 899 g/mol. The summed E-state index contributed by atoms with van der Waals surface area (Å²) in [5.41, 5.74) is 9.86. The third kappa shape index (κ3) is 5.86. The number of H-pyrrole nitrogens is 2. The SMILES string of the molecule is [2H]C([2H])([2H])c1cccc(-c2c3nc(c(-c4cccc(C([2H])([2H])[2H])c4)c4[nH]c(nc5nc(nc6[nH]c2c2cc7ccccc7cc62)-c2cc6ccccc6cc2-5)c2cc5ccccc5cc42)-c2cc4ccccc4cc2-3)c1. The molecule has 6 nitrogen and oxygen atoms in total. The van der Waals surface area contributed by atoms with Crippen molar-refractivity contribution in [2.45, 2.75) is 13.7 Å². The van der Waals surface area contributed by atoms with Crippen molar-refractivity contribution in [1.82, 2.24) is 29.9 Å². The van der Waals surface area contributed by atoms with Crippen LogP contribution in [-0.2, 0) is 0 Å². The molecule has 10 aromatic carbocycles. The normalized spacial score (nSPS) is 13.8. The van der Waals surface area contributed by atoms with Gasteiger partial charge in [-0.05, 0) is 116 Å². The Morgan fingerprint density at radius 3 is 1.07 bits per heavy atom. The summed E-state index contributed by atoms with van der Waals surface area (Å²) in [5, 5.41) is 11.4. The molecule has 2 N–H and O–H groups in total. The van der Waals surface area contributed by atoms with Crippen molar-refractivity contribution in [3.63, 3.8) is 0 Å². The number of benzene rings is 10. The van der Waals surface area contributed by atoms with E-state index in [1.54, 1.807) is 36.4 Å². The van der Waals surface area contributed by atoms with E-state index in [1.165, 1.54) is 0 Å². The maximum Gasteiger partial charge on any atom is 0.164 e. The first-order valence-corrected chi connectivity index (χ1v) is 23.4. The van der Waals surface area contributed by atoms with Gasteiger partial charge in [0.15, 0.2) is 11.6 Å². The van der Waals surface area contributed by atoms with Gasteiger partial charge in [0.25, 0.3) is 0 Å². The van der Waals surface area contributed by atoms with Gasteiger partial charge < -0.3 is 9.97 Å². The number of hydrogen-bond donors (Lipinski definition) is 2. The monoisotopic (exact) mass is 898 g/mol. The number of nitrogens with one attached hydrogen (secondary N) is 2. The van der Waals surface area contributed by atoms with Gasteiger partial charge in [-0.2, -0.15) is 0 Å². The maximum absolute atomic E-state index is 8.65. The molecule has 0 saturated heterocycles. The Bertz CT molecular complexity index is 4580. The van der Waals surface area contributed by atoms with Gasteiger partial charge in [0.1, 0.15) is 11.3 Å². The van der Waals surface area contributed by atoms with Crippen LogP contribution in [0.25, 0.3) is 155 Å². The first-order chi connectivity index (χ1) is 36.9. The number of aromatic nitrogens is 6. The molecule has 15 rings (SSSR count). The fraction of sp³-hybridized carbons (Fsp3) is 0.0312. The van der Waals surface area contributed by atoms with Gasteiger partial charge in [-0.25, -0.2) is 19.9 Å². The lowest BCUT2D eigenvalue weighted by molar-refractivity contribution is 1.22. The summed E-state index contributed by atoms with van der Waals surface area (Å²) < 4.78 is 51.9. The maximum atomic E-state index is 8.65. The number of aryl methyl sites for hydroxylation is 2. The minimum Gasteiger partial charge on any atom is -0.339 e. The van der Waals surface area contributed by atoms with Crippen LogP contribution in [0.5, 0.6) is 0 Å².